The molecule has 43 heavy (non-hydrogen) atoms. The van der Waals surface area contributed by atoms with E-state index in [4.69, 9.17) is 8.83 Å². The molecule has 206 valence electrons. The van der Waals surface area contributed by atoms with Gasteiger partial charge < -0.3 is 19.0 Å². The summed E-state index contributed by atoms with van der Waals surface area (Å²) in [5, 5.41) is 29.4. The first-order valence-electron chi connectivity index (χ1n) is 13.8. The van der Waals surface area contributed by atoms with Crippen LogP contribution >= 0.6 is 0 Å². The van der Waals surface area contributed by atoms with Crippen LogP contribution in [0.5, 0.6) is 11.5 Å². The van der Waals surface area contributed by atoms with E-state index >= 15 is 0 Å². The van der Waals surface area contributed by atoms with Crippen molar-refractivity contribution in [3.05, 3.63) is 153 Å². The number of fused-ring (bicyclic) bond motifs is 7. The fraction of sp³-hybridized carbons (Fsp3) is 0.0270. The van der Waals surface area contributed by atoms with Crippen molar-refractivity contribution in [2.24, 2.45) is 0 Å². The highest BCUT2D eigenvalue weighted by Gasteiger charge is 2.33. The zero-order valence-electron chi connectivity index (χ0n) is 22.6. The van der Waals surface area contributed by atoms with Crippen molar-refractivity contribution in [2.75, 3.05) is 0 Å². The molecule has 0 aliphatic rings. The Bertz CT molecular complexity index is 2400. The number of benzene rings is 6. The normalized spacial score (nSPS) is 11.8. The Morgan fingerprint density at radius 1 is 0.488 bits per heavy atom. The fourth-order valence-electron chi connectivity index (χ4n) is 6.31. The molecule has 0 fully saturated rings. The predicted molar refractivity (Wildman–Crippen MR) is 168 cm³/mol. The summed E-state index contributed by atoms with van der Waals surface area (Å²) in [6.45, 7) is 0. The van der Waals surface area contributed by atoms with Crippen molar-refractivity contribution in [3.8, 4) is 11.5 Å². The average molecular weight is 563 g/mol. The lowest BCUT2D eigenvalue weighted by atomic mass is 9.83. The molecule has 2 aromatic heterocycles. The molecule has 2 heterocycles. The van der Waals surface area contributed by atoms with Gasteiger partial charge in [-0.1, -0.05) is 103 Å². The van der Waals surface area contributed by atoms with E-state index in [0.29, 0.717) is 27.1 Å². The van der Waals surface area contributed by atoms with Crippen LogP contribution in [0.2, 0.25) is 0 Å². The van der Waals surface area contributed by atoms with Gasteiger partial charge in [0.1, 0.15) is 22.7 Å². The van der Waals surface area contributed by atoms with Crippen LogP contribution in [0.15, 0.2) is 134 Å². The monoisotopic (exact) mass is 562 g/mol. The Morgan fingerprint density at radius 2 is 0.930 bits per heavy atom. The van der Waals surface area contributed by atoms with Gasteiger partial charge in [-0.2, -0.15) is 0 Å². The lowest BCUT2D eigenvalue weighted by Gasteiger charge is -2.21. The summed E-state index contributed by atoms with van der Waals surface area (Å²) < 4.78 is 11.6. The molecule has 0 saturated heterocycles. The van der Waals surface area contributed by atoms with Crippen LogP contribution < -0.4 is 11.3 Å². The minimum Gasteiger partial charge on any atom is -0.507 e. The summed E-state index contributed by atoms with van der Waals surface area (Å²) in [7, 11) is 0. The third kappa shape index (κ3) is 3.73. The summed E-state index contributed by atoms with van der Waals surface area (Å²) >= 11 is 0. The molecule has 0 spiro atoms. The van der Waals surface area contributed by atoms with E-state index in [2.05, 4.69) is 0 Å². The molecule has 2 N–H and O–H groups in total. The van der Waals surface area contributed by atoms with Crippen LogP contribution in [0, 0.1) is 0 Å². The molecular weight excluding hydrogens is 540 g/mol. The molecule has 0 aliphatic heterocycles. The number of hydrogen-bond acceptors (Lipinski definition) is 6. The van der Waals surface area contributed by atoms with E-state index in [1.807, 2.05) is 97.1 Å². The third-order valence-electron chi connectivity index (χ3n) is 8.29. The van der Waals surface area contributed by atoms with Gasteiger partial charge in [-0.25, -0.2) is 9.59 Å². The lowest BCUT2D eigenvalue weighted by molar-refractivity contribution is 0.442. The quantitative estimate of drug-likeness (QED) is 0.167. The van der Waals surface area contributed by atoms with Crippen molar-refractivity contribution in [2.45, 2.75) is 5.92 Å². The summed E-state index contributed by atoms with van der Waals surface area (Å²) in [5.41, 5.74) is -1.05. The lowest BCUT2D eigenvalue weighted by Crippen LogP contribution is -2.21. The van der Waals surface area contributed by atoms with Gasteiger partial charge in [-0.05, 0) is 50.0 Å². The second kappa shape index (κ2) is 9.33. The standard InChI is InChI=1S/C37H22O6/c38-34-30-25-11-5-3-8-21(25)15-17-27(30)42-36(40)32(34)29(24-14-13-20-7-1-2-10-23(20)19-24)33-35(39)31-26-12-6-4-9-22(26)16-18-28(31)43-37(33)41/h1-19,29,38-39H. The summed E-state index contributed by atoms with van der Waals surface area (Å²) in [5.74, 6) is -1.86. The number of aromatic hydroxyl groups is 2. The molecule has 6 heteroatoms. The Kier molecular flexibility index (Phi) is 5.40. The highest BCUT2D eigenvalue weighted by atomic mass is 16.4. The summed E-state index contributed by atoms with van der Waals surface area (Å²) in [6.07, 6.45) is 0. The van der Waals surface area contributed by atoms with Crippen LogP contribution in [0.1, 0.15) is 22.6 Å². The van der Waals surface area contributed by atoms with E-state index in [0.717, 1.165) is 21.5 Å². The highest BCUT2D eigenvalue weighted by molar-refractivity contribution is 6.10. The van der Waals surface area contributed by atoms with Crippen LogP contribution in [-0.4, -0.2) is 10.2 Å². The van der Waals surface area contributed by atoms with Crippen molar-refractivity contribution >= 4 is 54.3 Å². The van der Waals surface area contributed by atoms with Crippen molar-refractivity contribution in [3.63, 3.8) is 0 Å². The van der Waals surface area contributed by atoms with Crippen LogP contribution in [-0.2, 0) is 0 Å². The Labute approximate surface area is 243 Å². The van der Waals surface area contributed by atoms with Gasteiger partial charge in [0, 0.05) is 0 Å². The molecule has 0 aliphatic carbocycles. The molecule has 0 amide bonds. The topological polar surface area (TPSA) is 101 Å². The maximum atomic E-state index is 13.8. The van der Waals surface area contributed by atoms with Gasteiger partial charge in [0.15, 0.2) is 0 Å². The predicted octanol–water partition coefficient (Wildman–Crippen LogP) is 7.95. The molecule has 0 radical (unpaired) electrons. The molecule has 0 atom stereocenters. The van der Waals surface area contributed by atoms with Gasteiger partial charge in [0.05, 0.1) is 27.8 Å². The first kappa shape index (κ1) is 24.9. The Morgan fingerprint density at radius 3 is 1.47 bits per heavy atom. The zero-order valence-corrected chi connectivity index (χ0v) is 22.6. The molecule has 0 saturated carbocycles. The van der Waals surface area contributed by atoms with Gasteiger partial charge in [-0.15, -0.1) is 0 Å². The first-order chi connectivity index (χ1) is 21.0. The van der Waals surface area contributed by atoms with Crippen molar-refractivity contribution < 1.29 is 19.0 Å². The van der Waals surface area contributed by atoms with Crippen molar-refractivity contribution in [1.29, 1.82) is 0 Å². The molecule has 8 aromatic rings. The van der Waals surface area contributed by atoms with Crippen LogP contribution in [0.3, 0.4) is 0 Å². The van der Waals surface area contributed by atoms with E-state index in [1.165, 1.54) is 0 Å². The van der Waals surface area contributed by atoms with Crippen molar-refractivity contribution in [1.82, 2.24) is 0 Å². The van der Waals surface area contributed by atoms with Gasteiger partial charge >= 0.3 is 11.3 Å². The molecule has 6 aromatic carbocycles. The van der Waals surface area contributed by atoms with E-state index in [9.17, 15) is 19.8 Å². The molecular formula is C37H22O6. The third-order valence-corrected chi connectivity index (χ3v) is 8.29. The largest absolute Gasteiger partial charge is 0.507 e. The number of hydrogen-bond donors (Lipinski definition) is 2. The fourth-order valence-corrected chi connectivity index (χ4v) is 6.31. The minimum absolute atomic E-state index is 0.165. The second-order valence-electron chi connectivity index (χ2n) is 10.7. The minimum atomic E-state index is -1.22. The van der Waals surface area contributed by atoms with E-state index < -0.39 is 17.2 Å². The van der Waals surface area contributed by atoms with Gasteiger partial charge in [-0.3, -0.25) is 0 Å². The number of rotatable bonds is 3. The smallest absolute Gasteiger partial charge is 0.344 e. The zero-order chi connectivity index (χ0) is 29.2. The maximum Gasteiger partial charge on any atom is 0.344 e. The van der Waals surface area contributed by atoms with Crippen LogP contribution in [0.4, 0.5) is 0 Å². The van der Waals surface area contributed by atoms with Crippen LogP contribution in [0.25, 0.3) is 54.3 Å². The molecule has 8 rings (SSSR count). The molecule has 6 nitrogen and oxygen atoms in total. The van der Waals surface area contributed by atoms with Gasteiger partial charge in [0.2, 0.25) is 0 Å². The first-order valence-corrected chi connectivity index (χ1v) is 13.8. The molecule has 0 bridgehead atoms. The maximum absolute atomic E-state index is 13.8. The Hall–Kier alpha value is -5.88. The SMILES string of the molecule is O=c1oc2ccc3ccccc3c2c(O)c1C(c1ccc2ccccc2c1)c1c(O)c2c(ccc3ccccc32)oc1=O. The summed E-state index contributed by atoms with van der Waals surface area (Å²) in [6, 6.07) is 35.0. The highest BCUT2D eigenvalue weighted by Crippen LogP contribution is 2.45. The Balaban J connectivity index is 1.53. The van der Waals surface area contributed by atoms with Gasteiger partial charge in [0.25, 0.3) is 0 Å². The average Bonchev–Trinajstić information content (AvgIpc) is 3.03. The van der Waals surface area contributed by atoms with E-state index in [-0.39, 0.29) is 33.8 Å². The second-order valence-corrected chi connectivity index (χ2v) is 10.7. The summed E-state index contributed by atoms with van der Waals surface area (Å²) in [4.78, 5) is 27.6. The molecule has 0 unspecified atom stereocenters. The van der Waals surface area contributed by atoms with E-state index in [1.54, 1.807) is 18.2 Å².